The van der Waals surface area contributed by atoms with Crippen molar-refractivity contribution in [2.75, 3.05) is 13.2 Å². The highest BCUT2D eigenvalue weighted by Gasteiger charge is 2.08. The van der Waals surface area contributed by atoms with E-state index in [4.69, 9.17) is 32.4 Å². The third-order valence-corrected chi connectivity index (χ3v) is 3.15. The number of amides is 2. The number of ether oxygens (including phenoxy) is 1. The first kappa shape index (κ1) is 17.8. The van der Waals surface area contributed by atoms with Crippen molar-refractivity contribution in [2.45, 2.75) is 0 Å². The zero-order chi connectivity index (χ0) is 17.4. The van der Waals surface area contributed by atoms with Crippen LogP contribution in [0.4, 0.5) is 0 Å². The monoisotopic (exact) mass is 369 g/mol. The third-order valence-electron chi connectivity index (χ3n) is 2.62. The van der Waals surface area contributed by atoms with Crippen LogP contribution < -0.4 is 15.5 Å². The van der Waals surface area contributed by atoms with Crippen LogP contribution in [-0.2, 0) is 9.59 Å². The Bertz CT molecular complexity index is 732. The number of halogens is 2. The van der Waals surface area contributed by atoms with E-state index in [0.29, 0.717) is 21.6 Å². The zero-order valence-corrected chi connectivity index (χ0v) is 13.8. The quantitative estimate of drug-likeness (QED) is 0.578. The Balaban J connectivity index is 1.68. The summed E-state index contributed by atoms with van der Waals surface area (Å²) in [6, 6.07) is 8.01. The summed E-state index contributed by atoms with van der Waals surface area (Å²) in [5.41, 5.74) is 2.24. The van der Waals surface area contributed by atoms with Gasteiger partial charge in [-0.05, 0) is 30.3 Å². The molecule has 0 unspecified atom stereocenters. The molecule has 0 bridgehead atoms. The van der Waals surface area contributed by atoms with Crippen molar-refractivity contribution in [3.8, 4) is 5.75 Å². The minimum absolute atomic E-state index is 0.244. The molecule has 1 heterocycles. The number of hydrazone groups is 1. The van der Waals surface area contributed by atoms with Crippen molar-refractivity contribution < 1.29 is 18.7 Å². The number of hydrogen-bond donors (Lipinski definition) is 2. The Morgan fingerprint density at radius 3 is 2.79 bits per heavy atom. The van der Waals surface area contributed by atoms with Gasteiger partial charge in [-0.1, -0.05) is 23.2 Å². The first-order valence-corrected chi connectivity index (χ1v) is 7.50. The van der Waals surface area contributed by atoms with Crippen LogP contribution in [-0.4, -0.2) is 31.2 Å². The molecule has 0 saturated heterocycles. The normalized spacial score (nSPS) is 10.6. The Morgan fingerprint density at radius 2 is 2.08 bits per heavy atom. The molecule has 2 N–H and O–H groups in total. The highest BCUT2D eigenvalue weighted by molar-refractivity contribution is 6.35. The molecule has 0 atom stereocenters. The molecular formula is C15H13Cl2N3O4. The Morgan fingerprint density at radius 1 is 1.25 bits per heavy atom. The molecule has 0 radical (unpaired) electrons. The number of rotatable bonds is 7. The molecule has 0 aliphatic carbocycles. The summed E-state index contributed by atoms with van der Waals surface area (Å²) in [6.45, 7) is -0.531. The number of nitrogens with one attached hydrogen (secondary N) is 2. The molecule has 1 aromatic carbocycles. The molecule has 9 heteroatoms. The van der Waals surface area contributed by atoms with Crippen molar-refractivity contribution in [3.63, 3.8) is 0 Å². The minimum Gasteiger partial charge on any atom is -0.482 e. The summed E-state index contributed by atoms with van der Waals surface area (Å²) in [6.07, 6.45) is 2.82. The van der Waals surface area contributed by atoms with Gasteiger partial charge in [0, 0.05) is 5.02 Å². The van der Waals surface area contributed by atoms with Crippen LogP contribution >= 0.6 is 23.2 Å². The Hall–Kier alpha value is -2.51. The van der Waals surface area contributed by atoms with E-state index in [9.17, 15) is 9.59 Å². The highest BCUT2D eigenvalue weighted by atomic mass is 35.5. The average molecular weight is 370 g/mol. The predicted molar refractivity (Wildman–Crippen MR) is 89.4 cm³/mol. The van der Waals surface area contributed by atoms with Gasteiger partial charge in [-0.2, -0.15) is 5.10 Å². The second-order valence-electron chi connectivity index (χ2n) is 4.45. The number of carbonyl (C=O) groups is 2. The molecule has 7 nitrogen and oxygen atoms in total. The molecule has 24 heavy (non-hydrogen) atoms. The number of benzene rings is 1. The van der Waals surface area contributed by atoms with E-state index in [1.54, 1.807) is 24.3 Å². The maximum Gasteiger partial charge on any atom is 0.259 e. The summed E-state index contributed by atoms with van der Waals surface area (Å²) in [5, 5.41) is 6.81. The summed E-state index contributed by atoms with van der Waals surface area (Å²) in [5.74, 6) is -0.154. The van der Waals surface area contributed by atoms with Crippen molar-refractivity contribution >= 4 is 41.2 Å². The maximum atomic E-state index is 11.6. The molecular weight excluding hydrogens is 357 g/mol. The second kappa shape index (κ2) is 8.95. The van der Waals surface area contributed by atoms with Crippen LogP contribution in [0.25, 0.3) is 0 Å². The molecule has 2 rings (SSSR count). The SMILES string of the molecule is O=C(COc1ccc(Cl)cc1Cl)NCC(=O)N/N=C/c1ccco1. The molecule has 0 aliphatic heterocycles. The lowest BCUT2D eigenvalue weighted by Crippen LogP contribution is -2.37. The van der Waals surface area contributed by atoms with Crippen LogP contribution in [0.15, 0.2) is 46.1 Å². The summed E-state index contributed by atoms with van der Waals surface area (Å²) in [7, 11) is 0. The van der Waals surface area contributed by atoms with Crippen LogP contribution in [0.3, 0.4) is 0 Å². The molecule has 126 valence electrons. The number of nitrogens with zero attached hydrogens (tertiary/aromatic N) is 1. The highest BCUT2D eigenvalue weighted by Crippen LogP contribution is 2.27. The van der Waals surface area contributed by atoms with Crippen molar-refractivity contribution in [3.05, 3.63) is 52.4 Å². The largest absolute Gasteiger partial charge is 0.482 e. The van der Waals surface area contributed by atoms with Gasteiger partial charge in [0.15, 0.2) is 6.61 Å². The smallest absolute Gasteiger partial charge is 0.259 e. The van der Waals surface area contributed by atoms with Gasteiger partial charge in [0.05, 0.1) is 24.0 Å². The summed E-state index contributed by atoms with van der Waals surface area (Å²) >= 11 is 11.7. The number of furan rings is 1. The van der Waals surface area contributed by atoms with Crippen LogP contribution in [0.1, 0.15) is 5.76 Å². The molecule has 0 spiro atoms. The Labute approximate surface area is 147 Å². The van der Waals surface area contributed by atoms with E-state index in [1.165, 1.54) is 18.5 Å². The molecule has 0 saturated carbocycles. The van der Waals surface area contributed by atoms with Crippen LogP contribution in [0.2, 0.25) is 10.0 Å². The third kappa shape index (κ3) is 5.94. The molecule has 0 fully saturated rings. The number of carbonyl (C=O) groups excluding carboxylic acids is 2. The number of hydrogen-bond acceptors (Lipinski definition) is 5. The lowest BCUT2D eigenvalue weighted by Gasteiger charge is -2.08. The van der Waals surface area contributed by atoms with E-state index in [2.05, 4.69) is 15.8 Å². The van der Waals surface area contributed by atoms with E-state index in [1.807, 2.05) is 0 Å². The topological polar surface area (TPSA) is 92.9 Å². The van der Waals surface area contributed by atoms with Gasteiger partial charge in [-0.15, -0.1) is 0 Å². The summed E-state index contributed by atoms with van der Waals surface area (Å²) < 4.78 is 10.2. The van der Waals surface area contributed by atoms with Gasteiger partial charge < -0.3 is 14.5 Å². The molecule has 2 aromatic rings. The van der Waals surface area contributed by atoms with Gasteiger partial charge in [0.25, 0.3) is 11.8 Å². The fraction of sp³-hybridized carbons (Fsp3) is 0.133. The summed E-state index contributed by atoms with van der Waals surface area (Å²) in [4.78, 5) is 23.1. The van der Waals surface area contributed by atoms with Gasteiger partial charge in [-0.25, -0.2) is 5.43 Å². The fourth-order valence-corrected chi connectivity index (χ4v) is 2.00. The van der Waals surface area contributed by atoms with Crippen LogP contribution in [0.5, 0.6) is 5.75 Å². The van der Waals surface area contributed by atoms with E-state index in [0.717, 1.165) is 0 Å². The van der Waals surface area contributed by atoms with Crippen molar-refractivity contribution in [2.24, 2.45) is 5.10 Å². The lowest BCUT2D eigenvalue weighted by atomic mass is 10.3. The van der Waals surface area contributed by atoms with Gasteiger partial charge >= 0.3 is 0 Å². The standard InChI is InChI=1S/C15H13Cl2N3O4/c16-10-3-4-13(12(17)6-10)24-9-15(22)18-8-14(21)20-19-7-11-2-1-5-23-11/h1-7H,8-9H2,(H,18,22)(H,20,21)/b19-7+. The van der Waals surface area contributed by atoms with E-state index in [-0.39, 0.29) is 13.2 Å². The van der Waals surface area contributed by atoms with Crippen molar-refractivity contribution in [1.29, 1.82) is 0 Å². The first-order valence-electron chi connectivity index (χ1n) is 6.74. The predicted octanol–water partition coefficient (Wildman–Crippen LogP) is 2.23. The van der Waals surface area contributed by atoms with E-state index < -0.39 is 11.8 Å². The zero-order valence-electron chi connectivity index (χ0n) is 12.3. The van der Waals surface area contributed by atoms with E-state index >= 15 is 0 Å². The molecule has 1 aromatic heterocycles. The first-order chi connectivity index (χ1) is 11.5. The average Bonchev–Trinajstić information content (AvgIpc) is 3.05. The fourth-order valence-electron chi connectivity index (χ4n) is 1.54. The maximum absolute atomic E-state index is 11.6. The van der Waals surface area contributed by atoms with Gasteiger partial charge in [-0.3, -0.25) is 9.59 Å². The van der Waals surface area contributed by atoms with Gasteiger partial charge in [0.1, 0.15) is 11.5 Å². The van der Waals surface area contributed by atoms with Crippen molar-refractivity contribution in [1.82, 2.24) is 10.7 Å². The molecule has 0 aliphatic rings. The van der Waals surface area contributed by atoms with Crippen LogP contribution in [0, 0.1) is 0 Å². The second-order valence-corrected chi connectivity index (χ2v) is 5.29. The Kier molecular flexibility index (Phi) is 6.65. The lowest BCUT2D eigenvalue weighted by molar-refractivity contribution is -0.127. The minimum atomic E-state index is -0.490. The molecule has 2 amide bonds. The van der Waals surface area contributed by atoms with Gasteiger partial charge in [0.2, 0.25) is 0 Å².